The van der Waals surface area contributed by atoms with Gasteiger partial charge in [-0.25, -0.2) is 0 Å². The monoisotopic (exact) mass is 193 g/mol. The van der Waals surface area contributed by atoms with Crippen molar-refractivity contribution in [2.45, 2.75) is 20.3 Å². The van der Waals surface area contributed by atoms with Crippen LogP contribution in [-0.4, -0.2) is 19.6 Å². The Hall–Kier alpha value is -1.78. The van der Waals surface area contributed by atoms with Gasteiger partial charge in [-0.3, -0.25) is 4.79 Å². The molecule has 0 saturated heterocycles. The van der Waals surface area contributed by atoms with Gasteiger partial charge in [0.05, 0.1) is 11.9 Å². The highest BCUT2D eigenvalue weighted by Gasteiger charge is 2.11. The van der Waals surface area contributed by atoms with Crippen molar-refractivity contribution in [2.75, 3.05) is 0 Å². The molecule has 2 aromatic heterocycles. The first-order chi connectivity index (χ1) is 6.66. The second-order valence-electron chi connectivity index (χ2n) is 3.14. The normalized spacial score (nSPS) is 11.0. The number of rotatable bonds is 1. The summed E-state index contributed by atoms with van der Waals surface area (Å²) >= 11 is 0. The summed E-state index contributed by atoms with van der Waals surface area (Å²) in [6, 6.07) is 1.59. The van der Waals surface area contributed by atoms with Crippen molar-refractivity contribution >= 4 is 5.65 Å². The summed E-state index contributed by atoms with van der Waals surface area (Å²) in [6.45, 7) is 3.59. The fraction of sp³-hybridized carbons (Fsp3) is 0.333. The van der Waals surface area contributed by atoms with Crippen LogP contribution in [0.3, 0.4) is 0 Å². The van der Waals surface area contributed by atoms with Crippen molar-refractivity contribution in [1.29, 1.82) is 0 Å². The number of aromatic nitrogens is 3. The Morgan fingerprint density at radius 3 is 2.93 bits per heavy atom. The highest BCUT2D eigenvalue weighted by molar-refractivity contribution is 5.40. The van der Waals surface area contributed by atoms with Crippen LogP contribution in [0.5, 0.6) is 0 Å². The average molecular weight is 193 g/mol. The molecule has 14 heavy (non-hydrogen) atoms. The van der Waals surface area contributed by atoms with Crippen molar-refractivity contribution in [3.63, 3.8) is 0 Å². The smallest absolute Gasteiger partial charge is 0.277 e. The average Bonchev–Trinajstić information content (AvgIpc) is 2.64. The molecule has 0 bridgehead atoms. The van der Waals surface area contributed by atoms with Gasteiger partial charge >= 0.3 is 0 Å². The number of hydrogen-bond acceptors (Lipinski definition) is 3. The van der Waals surface area contributed by atoms with Gasteiger partial charge in [0.2, 0.25) is 0 Å². The van der Waals surface area contributed by atoms with E-state index in [2.05, 4.69) is 5.10 Å². The summed E-state index contributed by atoms with van der Waals surface area (Å²) in [5, 5.41) is 13.6. The van der Waals surface area contributed by atoms with Crippen LogP contribution in [0.15, 0.2) is 17.1 Å². The van der Waals surface area contributed by atoms with E-state index in [0.29, 0.717) is 23.3 Å². The molecule has 1 N–H and O–H groups in total. The molecule has 0 atom stereocenters. The SMILES string of the molecule is CCc1c(C)n(O)c2ccnn2c1=O. The van der Waals surface area contributed by atoms with E-state index < -0.39 is 0 Å². The van der Waals surface area contributed by atoms with Crippen molar-refractivity contribution < 1.29 is 5.21 Å². The molecule has 0 aliphatic carbocycles. The molecule has 0 aliphatic heterocycles. The Bertz CT molecular complexity index is 539. The predicted molar refractivity (Wildman–Crippen MR) is 50.8 cm³/mol. The van der Waals surface area contributed by atoms with Crippen LogP contribution in [0.25, 0.3) is 5.65 Å². The molecule has 0 aliphatic rings. The number of nitrogens with zero attached hydrogens (tertiary/aromatic N) is 3. The first kappa shape index (κ1) is 8.80. The van der Waals surface area contributed by atoms with Gasteiger partial charge in [0.25, 0.3) is 5.56 Å². The van der Waals surface area contributed by atoms with Crippen LogP contribution in [0.2, 0.25) is 0 Å². The van der Waals surface area contributed by atoms with Gasteiger partial charge in [0, 0.05) is 11.6 Å². The highest BCUT2D eigenvalue weighted by Crippen LogP contribution is 2.06. The van der Waals surface area contributed by atoms with Crippen LogP contribution in [0.4, 0.5) is 0 Å². The molecule has 2 heterocycles. The van der Waals surface area contributed by atoms with Gasteiger partial charge in [-0.05, 0) is 13.3 Å². The molecule has 0 aromatic carbocycles. The van der Waals surface area contributed by atoms with Gasteiger partial charge in [0.15, 0.2) is 5.65 Å². The van der Waals surface area contributed by atoms with E-state index in [1.165, 1.54) is 10.7 Å². The molecule has 2 rings (SSSR count). The first-order valence-corrected chi connectivity index (χ1v) is 4.44. The summed E-state index contributed by atoms with van der Waals surface area (Å²) in [7, 11) is 0. The molecular weight excluding hydrogens is 182 g/mol. The fourth-order valence-corrected chi connectivity index (χ4v) is 1.60. The second-order valence-corrected chi connectivity index (χ2v) is 3.14. The van der Waals surface area contributed by atoms with Crippen molar-refractivity contribution in [3.8, 4) is 0 Å². The van der Waals surface area contributed by atoms with Crippen LogP contribution >= 0.6 is 0 Å². The maximum absolute atomic E-state index is 11.8. The summed E-state index contributed by atoms with van der Waals surface area (Å²) in [6.07, 6.45) is 2.07. The Balaban J connectivity index is 3.02. The summed E-state index contributed by atoms with van der Waals surface area (Å²) < 4.78 is 2.19. The zero-order chi connectivity index (χ0) is 10.3. The Labute approximate surface area is 80.2 Å². The van der Waals surface area contributed by atoms with E-state index >= 15 is 0 Å². The molecule has 0 saturated carbocycles. The number of fused-ring (bicyclic) bond motifs is 1. The van der Waals surface area contributed by atoms with E-state index in [1.54, 1.807) is 13.0 Å². The first-order valence-electron chi connectivity index (χ1n) is 4.44. The standard InChI is InChI=1S/C9H11N3O2/c1-3-7-6(2)12(14)8-4-5-10-11(8)9(7)13/h4-5,14H,3H2,1-2H3. The van der Waals surface area contributed by atoms with E-state index in [9.17, 15) is 10.0 Å². The summed E-state index contributed by atoms with van der Waals surface area (Å²) in [4.78, 5) is 11.8. The Kier molecular flexibility index (Phi) is 1.80. The summed E-state index contributed by atoms with van der Waals surface area (Å²) in [5.74, 6) is 0. The van der Waals surface area contributed by atoms with Crippen LogP contribution < -0.4 is 5.56 Å². The zero-order valence-electron chi connectivity index (χ0n) is 8.06. The maximum atomic E-state index is 11.8. The molecule has 0 amide bonds. The third-order valence-corrected chi connectivity index (χ3v) is 2.40. The van der Waals surface area contributed by atoms with Crippen LogP contribution in [0, 0.1) is 6.92 Å². The lowest BCUT2D eigenvalue weighted by atomic mass is 10.2. The maximum Gasteiger partial charge on any atom is 0.277 e. The van der Waals surface area contributed by atoms with Crippen LogP contribution in [-0.2, 0) is 6.42 Å². The van der Waals surface area contributed by atoms with E-state index in [1.807, 2.05) is 6.92 Å². The largest absolute Gasteiger partial charge is 0.427 e. The Morgan fingerprint density at radius 2 is 2.29 bits per heavy atom. The number of hydrogen-bond donors (Lipinski definition) is 1. The van der Waals surface area contributed by atoms with Gasteiger partial charge in [-0.1, -0.05) is 6.92 Å². The van der Waals surface area contributed by atoms with E-state index in [0.717, 1.165) is 4.73 Å². The lowest BCUT2D eigenvalue weighted by molar-refractivity contribution is 0.185. The molecule has 0 spiro atoms. The Morgan fingerprint density at radius 1 is 1.57 bits per heavy atom. The third-order valence-electron chi connectivity index (χ3n) is 2.40. The van der Waals surface area contributed by atoms with Gasteiger partial charge in [0.1, 0.15) is 0 Å². The fourth-order valence-electron chi connectivity index (χ4n) is 1.60. The third kappa shape index (κ3) is 0.951. The highest BCUT2D eigenvalue weighted by atomic mass is 16.5. The van der Waals surface area contributed by atoms with E-state index in [4.69, 9.17) is 0 Å². The molecular formula is C9H11N3O2. The van der Waals surface area contributed by atoms with Crippen molar-refractivity contribution in [3.05, 3.63) is 33.9 Å². The molecule has 0 fully saturated rings. The van der Waals surface area contributed by atoms with Crippen molar-refractivity contribution in [2.24, 2.45) is 0 Å². The lowest BCUT2D eigenvalue weighted by Gasteiger charge is -2.08. The van der Waals surface area contributed by atoms with Gasteiger partial charge < -0.3 is 5.21 Å². The second kappa shape index (κ2) is 2.87. The quantitative estimate of drug-likeness (QED) is 0.675. The predicted octanol–water partition coefficient (Wildman–Crippen LogP) is 0.604. The molecule has 74 valence electrons. The topological polar surface area (TPSA) is 59.5 Å². The zero-order valence-corrected chi connectivity index (χ0v) is 8.06. The lowest BCUT2D eigenvalue weighted by Crippen LogP contribution is -2.24. The minimum Gasteiger partial charge on any atom is -0.427 e. The van der Waals surface area contributed by atoms with Gasteiger partial charge in [-0.15, -0.1) is 0 Å². The molecule has 0 unspecified atom stereocenters. The molecule has 2 aromatic rings. The summed E-state index contributed by atoms with van der Waals surface area (Å²) in [5.41, 5.74) is 1.40. The molecule has 5 nitrogen and oxygen atoms in total. The molecule has 0 radical (unpaired) electrons. The van der Waals surface area contributed by atoms with E-state index in [-0.39, 0.29) is 5.56 Å². The minimum atomic E-state index is -0.157. The van der Waals surface area contributed by atoms with Crippen molar-refractivity contribution in [1.82, 2.24) is 14.3 Å². The minimum absolute atomic E-state index is 0.157. The molecule has 5 heteroatoms. The van der Waals surface area contributed by atoms with Gasteiger partial charge in [-0.2, -0.15) is 14.3 Å². The van der Waals surface area contributed by atoms with Crippen LogP contribution in [0.1, 0.15) is 18.2 Å².